The summed E-state index contributed by atoms with van der Waals surface area (Å²) < 4.78 is 10.4. The summed E-state index contributed by atoms with van der Waals surface area (Å²) in [6.07, 6.45) is 0. The van der Waals surface area contributed by atoms with Crippen LogP contribution >= 0.6 is 0 Å². The van der Waals surface area contributed by atoms with Gasteiger partial charge in [-0.3, -0.25) is 4.79 Å². The molecule has 3 nitrogen and oxygen atoms in total. The topological polar surface area (TPSA) is 35.5 Å². The third kappa shape index (κ3) is 2.78. The van der Waals surface area contributed by atoms with E-state index in [1.54, 1.807) is 20.3 Å². The zero-order valence-corrected chi connectivity index (χ0v) is 11.4. The van der Waals surface area contributed by atoms with Crippen LogP contribution in [0.1, 0.15) is 36.7 Å². The zero-order chi connectivity index (χ0) is 13.2. The molecule has 0 saturated heterocycles. The van der Waals surface area contributed by atoms with Crippen LogP contribution in [0.4, 0.5) is 0 Å². The number of carbonyl (C=O) groups excluding carboxylic acids is 1. The van der Waals surface area contributed by atoms with Gasteiger partial charge in [-0.25, -0.2) is 0 Å². The molecule has 3 heteroatoms. The van der Waals surface area contributed by atoms with E-state index in [1.165, 1.54) is 0 Å². The van der Waals surface area contributed by atoms with E-state index in [1.807, 2.05) is 33.8 Å². The molecule has 0 aliphatic carbocycles. The SMILES string of the molecule is COc1cc(C)c(C(=O)C(C)(C)C)cc1OC. The van der Waals surface area contributed by atoms with E-state index in [-0.39, 0.29) is 5.78 Å². The highest BCUT2D eigenvalue weighted by atomic mass is 16.5. The Morgan fingerprint density at radius 1 is 1.06 bits per heavy atom. The number of ketones is 1. The number of methoxy groups -OCH3 is 2. The third-order valence-electron chi connectivity index (χ3n) is 2.66. The Balaban J connectivity index is 3.31. The fraction of sp³-hybridized carbons (Fsp3) is 0.500. The molecule has 0 aromatic heterocycles. The minimum absolute atomic E-state index is 0.107. The van der Waals surface area contributed by atoms with Gasteiger partial charge in [-0.1, -0.05) is 20.8 Å². The van der Waals surface area contributed by atoms with E-state index >= 15 is 0 Å². The molecule has 17 heavy (non-hydrogen) atoms. The number of ether oxygens (including phenoxy) is 2. The monoisotopic (exact) mass is 236 g/mol. The number of aryl methyl sites for hydroxylation is 1. The Morgan fingerprint density at radius 2 is 1.53 bits per heavy atom. The largest absolute Gasteiger partial charge is 0.493 e. The average molecular weight is 236 g/mol. The highest BCUT2D eigenvalue weighted by Gasteiger charge is 2.25. The maximum absolute atomic E-state index is 12.3. The molecule has 0 saturated carbocycles. The van der Waals surface area contributed by atoms with Crippen molar-refractivity contribution in [3.05, 3.63) is 23.3 Å². The molecule has 0 aliphatic heterocycles. The third-order valence-corrected chi connectivity index (χ3v) is 2.66. The van der Waals surface area contributed by atoms with Crippen molar-refractivity contribution in [1.82, 2.24) is 0 Å². The van der Waals surface area contributed by atoms with Gasteiger partial charge >= 0.3 is 0 Å². The highest BCUT2D eigenvalue weighted by molar-refractivity contribution is 6.01. The van der Waals surface area contributed by atoms with Gasteiger partial charge in [-0.05, 0) is 24.6 Å². The maximum atomic E-state index is 12.3. The molecule has 1 aromatic carbocycles. The first-order valence-electron chi connectivity index (χ1n) is 5.58. The van der Waals surface area contributed by atoms with Crippen LogP contribution in [-0.4, -0.2) is 20.0 Å². The van der Waals surface area contributed by atoms with Crippen molar-refractivity contribution in [2.45, 2.75) is 27.7 Å². The summed E-state index contributed by atoms with van der Waals surface area (Å²) in [5, 5.41) is 0. The van der Waals surface area contributed by atoms with Crippen LogP contribution in [0.15, 0.2) is 12.1 Å². The number of rotatable bonds is 3. The van der Waals surface area contributed by atoms with Crippen molar-refractivity contribution < 1.29 is 14.3 Å². The van der Waals surface area contributed by atoms with E-state index in [2.05, 4.69) is 0 Å². The molecule has 0 amide bonds. The van der Waals surface area contributed by atoms with Crippen molar-refractivity contribution in [3.63, 3.8) is 0 Å². The fourth-order valence-electron chi connectivity index (χ4n) is 1.63. The molecular weight excluding hydrogens is 216 g/mol. The molecule has 0 spiro atoms. The van der Waals surface area contributed by atoms with E-state index < -0.39 is 5.41 Å². The number of carbonyl (C=O) groups is 1. The molecular formula is C14H20O3. The maximum Gasteiger partial charge on any atom is 0.168 e. The predicted molar refractivity (Wildman–Crippen MR) is 68.1 cm³/mol. The van der Waals surface area contributed by atoms with E-state index in [9.17, 15) is 4.79 Å². The van der Waals surface area contributed by atoms with Crippen molar-refractivity contribution >= 4 is 5.78 Å². The van der Waals surface area contributed by atoms with E-state index in [0.717, 1.165) is 5.56 Å². The van der Waals surface area contributed by atoms with Gasteiger partial charge in [-0.2, -0.15) is 0 Å². The molecule has 0 heterocycles. The van der Waals surface area contributed by atoms with Gasteiger partial charge in [-0.15, -0.1) is 0 Å². The number of hydrogen-bond acceptors (Lipinski definition) is 3. The predicted octanol–water partition coefficient (Wildman–Crippen LogP) is 3.24. The Kier molecular flexibility index (Phi) is 3.81. The lowest BCUT2D eigenvalue weighted by molar-refractivity contribution is 0.0857. The van der Waals surface area contributed by atoms with Gasteiger partial charge in [0.2, 0.25) is 0 Å². The van der Waals surface area contributed by atoms with Crippen LogP contribution in [0.5, 0.6) is 11.5 Å². The van der Waals surface area contributed by atoms with Gasteiger partial charge in [0.15, 0.2) is 17.3 Å². The van der Waals surface area contributed by atoms with Crippen LogP contribution < -0.4 is 9.47 Å². The lowest BCUT2D eigenvalue weighted by Crippen LogP contribution is -2.21. The van der Waals surface area contributed by atoms with Crippen LogP contribution in [-0.2, 0) is 0 Å². The van der Waals surface area contributed by atoms with Gasteiger partial charge in [0, 0.05) is 11.0 Å². The van der Waals surface area contributed by atoms with Gasteiger partial charge in [0.1, 0.15) is 0 Å². The summed E-state index contributed by atoms with van der Waals surface area (Å²) in [4.78, 5) is 12.3. The fourth-order valence-corrected chi connectivity index (χ4v) is 1.63. The summed E-state index contributed by atoms with van der Waals surface area (Å²) in [6.45, 7) is 7.63. The molecule has 0 N–H and O–H groups in total. The summed E-state index contributed by atoms with van der Waals surface area (Å²) >= 11 is 0. The highest BCUT2D eigenvalue weighted by Crippen LogP contribution is 2.33. The standard InChI is InChI=1S/C14H20O3/c1-9-7-11(16-5)12(17-6)8-10(9)13(15)14(2,3)4/h7-8H,1-6H3. The smallest absolute Gasteiger partial charge is 0.168 e. The minimum Gasteiger partial charge on any atom is -0.493 e. The molecule has 1 rings (SSSR count). The second-order valence-corrected chi connectivity index (χ2v) is 5.10. The molecule has 0 unspecified atom stereocenters. The van der Waals surface area contributed by atoms with Crippen molar-refractivity contribution in [1.29, 1.82) is 0 Å². The molecule has 0 fully saturated rings. The van der Waals surface area contributed by atoms with Crippen LogP contribution in [0, 0.1) is 12.3 Å². The summed E-state index contributed by atoms with van der Waals surface area (Å²) in [6, 6.07) is 3.58. The summed E-state index contributed by atoms with van der Waals surface area (Å²) in [7, 11) is 3.15. The first-order valence-corrected chi connectivity index (χ1v) is 5.58. The Morgan fingerprint density at radius 3 is 1.94 bits per heavy atom. The lowest BCUT2D eigenvalue weighted by atomic mass is 9.85. The van der Waals surface area contributed by atoms with Gasteiger partial charge in [0.25, 0.3) is 0 Å². The molecule has 1 aromatic rings. The molecule has 0 aliphatic rings. The zero-order valence-electron chi connectivity index (χ0n) is 11.4. The summed E-state index contributed by atoms with van der Waals surface area (Å²) in [5.74, 6) is 1.34. The number of Topliss-reactive ketones (excluding diaryl/α,β-unsaturated/α-hetero) is 1. The van der Waals surface area contributed by atoms with Crippen LogP contribution in [0.3, 0.4) is 0 Å². The van der Waals surface area contributed by atoms with Crippen molar-refractivity contribution in [2.24, 2.45) is 5.41 Å². The van der Waals surface area contributed by atoms with Gasteiger partial charge < -0.3 is 9.47 Å². The van der Waals surface area contributed by atoms with Crippen LogP contribution in [0.2, 0.25) is 0 Å². The number of benzene rings is 1. The number of hydrogen-bond donors (Lipinski definition) is 0. The van der Waals surface area contributed by atoms with E-state index in [0.29, 0.717) is 17.1 Å². The first-order chi connectivity index (χ1) is 7.81. The minimum atomic E-state index is -0.398. The quantitative estimate of drug-likeness (QED) is 0.756. The second kappa shape index (κ2) is 4.78. The van der Waals surface area contributed by atoms with Crippen molar-refractivity contribution in [3.8, 4) is 11.5 Å². The van der Waals surface area contributed by atoms with Crippen LogP contribution in [0.25, 0.3) is 0 Å². The van der Waals surface area contributed by atoms with Gasteiger partial charge in [0.05, 0.1) is 14.2 Å². The average Bonchev–Trinajstić information content (AvgIpc) is 2.26. The molecule has 0 bridgehead atoms. The lowest BCUT2D eigenvalue weighted by Gasteiger charge is -2.19. The molecule has 94 valence electrons. The Labute approximate surface area is 103 Å². The molecule has 0 radical (unpaired) electrons. The molecule has 0 atom stereocenters. The Bertz CT molecular complexity index is 428. The van der Waals surface area contributed by atoms with E-state index in [4.69, 9.17) is 9.47 Å². The normalized spacial score (nSPS) is 11.2. The first kappa shape index (κ1) is 13.6. The Hall–Kier alpha value is -1.51. The van der Waals surface area contributed by atoms with Crippen molar-refractivity contribution in [2.75, 3.05) is 14.2 Å². The second-order valence-electron chi connectivity index (χ2n) is 5.10. The summed E-state index contributed by atoms with van der Waals surface area (Å²) in [5.41, 5.74) is 1.20.